The van der Waals surface area contributed by atoms with Crippen molar-refractivity contribution in [1.29, 1.82) is 0 Å². The number of hydrogen-bond acceptors (Lipinski definition) is 6. The molecule has 282 valence electrons. The molecule has 0 aromatic heterocycles. The van der Waals surface area contributed by atoms with Crippen LogP contribution in [0, 0.1) is 35.3 Å². The summed E-state index contributed by atoms with van der Waals surface area (Å²) in [6.07, 6.45) is 2.14. The predicted octanol–water partition coefficient (Wildman–Crippen LogP) is 7.41. The van der Waals surface area contributed by atoms with E-state index in [2.05, 4.69) is 29.0 Å². The zero-order chi connectivity index (χ0) is 38.8. The summed E-state index contributed by atoms with van der Waals surface area (Å²) in [5.41, 5.74) is -2.20. The Hall–Kier alpha value is -5.10. The molecule has 4 aromatic carbocycles. The van der Waals surface area contributed by atoms with Gasteiger partial charge in [-0.1, -0.05) is 71.1 Å². The highest BCUT2D eigenvalue weighted by Crippen LogP contribution is 2.45. The number of fused-ring (bicyclic) bond motifs is 1. The fraction of sp³-hybridized carbons (Fsp3) is 0.302. The maximum Gasteiger partial charge on any atom is 0.426 e. The van der Waals surface area contributed by atoms with Crippen LogP contribution < -0.4 is 14.8 Å². The molecule has 2 amide bonds. The third-order valence-corrected chi connectivity index (χ3v) is 10.5. The largest absolute Gasteiger partial charge is 0.426 e. The molecule has 0 saturated heterocycles. The van der Waals surface area contributed by atoms with Crippen LogP contribution >= 0.6 is 23.2 Å². The Morgan fingerprint density at radius 1 is 0.745 bits per heavy atom. The highest BCUT2D eigenvalue weighted by molar-refractivity contribution is 6.31. The normalized spacial score (nSPS) is 23.7. The lowest BCUT2D eigenvalue weighted by atomic mass is 9.80. The maximum absolute atomic E-state index is 14.9. The minimum atomic E-state index is -2.52. The van der Waals surface area contributed by atoms with Crippen LogP contribution in [0.25, 0.3) is 0 Å². The second kappa shape index (κ2) is 15.6. The summed E-state index contributed by atoms with van der Waals surface area (Å²) in [5, 5.41) is 27.4. The minimum absolute atomic E-state index is 0.0503. The Balaban J connectivity index is 1.25. The van der Waals surface area contributed by atoms with Crippen LogP contribution in [0.2, 0.25) is 10.0 Å². The van der Waals surface area contributed by atoms with Crippen molar-refractivity contribution >= 4 is 35.0 Å². The molecule has 3 aliphatic rings. The van der Waals surface area contributed by atoms with E-state index in [-0.39, 0.29) is 42.7 Å². The number of aliphatic hydroxyl groups is 2. The van der Waals surface area contributed by atoms with Crippen LogP contribution in [0.1, 0.15) is 72.9 Å². The summed E-state index contributed by atoms with van der Waals surface area (Å²) in [6, 6.07) is 21.3. The number of ether oxygens (including phenoxy) is 2. The molecule has 1 aliphatic heterocycles. The number of nitrogens with zero attached hydrogens (tertiary/aromatic N) is 1. The van der Waals surface area contributed by atoms with Gasteiger partial charge in [-0.2, -0.15) is 0 Å². The number of carbonyl (C=O) groups excluding carboxylic acids is 2. The number of carbonyl (C=O) groups is 2. The van der Waals surface area contributed by atoms with Gasteiger partial charge in [-0.05, 0) is 105 Å². The molecule has 0 unspecified atom stereocenters. The van der Waals surface area contributed by atoms with Crippen LogP contribution in [-0.4, -0.2) is 56.1 Å². The molecular weight excluding hydrogens is 749 g/mol. The van der Waals surface area contributed by atoms with Gasteiger partial charge in [-0.25, -0.2) is 8.78 Å². The molecule has 0 bridgehead atoms. The summed E-state index contributed by atoms with van der Waals surface area (Å²) in [7, 11) is 0. The van der Waals surface area contributed by atoms with Gasteiger partial charge in [0.05, 0.1) is 0 Å². The van der Waals surface area contributed by atoms with Gasteiger partial charge in [0.2, 0.25) is 0 Å². The maximum atomic E-state index is 14.9. The standard InChI is InChI=1S/C43H36Cl2F2N2O6/c44-31-9-3-7-28(23-31)17-21-41(52)19-5-11-33(26-41)48-40(51)43(54-37-13-1-2-14-38(37)55-43)49(39(50)30-15-16-35(46)36(47)25-30)34-12-6-20-42(53,27-34)22-18-29-8-4-10-32(45)24-29/h1-4,7-10,13-16,23-25,33-34,52-53H,5-6,11-12,19-20,26-27H2,(H,48,51)/t33-,34-,41+,42+/m1/s1. The second-order valence-electron chi connectivity index (χ2n) is 14.1. The molecule has 55 heavy (non-hydrogen) atoms. The molecular formula is C43H36Cl2F2N2O6. The molecule has 2 fully saturated rings. The van der Waals surface area contributed by atoms with E-state index >= 15 is 0 Å². The third-order valence-electron chi connectivity index (χ3n) is 9.99. The fourth-order valence-electron chi connectivity index (χ4n) is 7.38. The Bertz CT molecular complexity index is 2240. The van der Waals surface area contributed by atoms with Gasteiger partial charge in [0.25, 0.3) is 5.91 Å². The van der Waals surface area contributed by atoms with Crippen molar-refractivity contribution in [2.45, 2.75) is 80.6 Å². The highest BCUT2D eigenvalue weighted by Gasteiger charge is 2.60. The van der Waals surface area contributed by atoms with E-state index in [0.717, 1.165) is 23.1 Å². The van der Waals surface area contributed by atoms with E-state index in [1.54, 1.807) is 72.8 Å². The van der Waals surface area contributed by atoms with E-state index in [0.29, 0.717) is 46.9 Å². The Labute approximate surface area is 327 Å². The lowest BCUT2D eigenvalue weighted by Gasteiger charge is -2.46. The molecule has 12 heteroatoms. The van der Waals surface area contributed by atoms with Gasteiger partial charge in [0.1, 0.15) is 11.2 Å². The van der Waals surface area contributed by atoms with Gasteiger partial charge >= 0.3 is 11.8 Å². The Morgan fingerprint density at radius 2 is 1.33 bits per heavy atom. The topological polar surface area (TPSA) is 108 Å². The first-order chi connectivity index (χ1) is 26.3. The summed E-state index contributed by atoms with van der Waals surface area (Å²) in [5.74, 6) is 5.41. The highest BCUT2D eigenvalue weighted by atomic mass is 35.5. The first-order valence-corrected chi connectivity index (χ1v) is 18.7. The van der Waals surface area contributed by atoms with Crippen molar-refractivity contribution in [3.8, 4) is 35.2 Å². The molecule has 0 radical (unpaired) electrons. The van der Waals surface area contributed by atoms with Gasteiger partial charge in [-0.3, -0.25) is 14.5 Å². The quantitative estimate of drug-likeness (QED) is 0.182. The summed E-state index contributed by atoms with van der Waals surface area (Å²) < 4.78 is 41.5. The number of benzene rings is 4. The van der Waals surface area contributed by atoms with Crippen LogP contribution in [0.3, 0.4) is 0 Å². The van der Waals surface area contributed by atoms with Crippen molar-refractivity contribution in [2.24, 2.45) is 0 Å². The number of hydrogen-bond donors (Lipinski definition) is 3. The molecule has 4 aromatic rings. The Morgan fingerprint density at radius 3 is 1.91 bits per heavy atom. The van der Waals surface area contributed by atoms with Crippen LogP contribution in [0.5, 0.6) is 11.5 Å². The Kier molecular flexibility index (Phi) is 10.8. The van der Waals surface area contributed by atoms with Crippen molar-refractivity contribution in [2.75, 3.05) is 0 Å². The number of halogens is 4. The number of para-hydroxylation sites is 2. The molecule has 4 atom stereocenters. The fourth-order valence-corrected chi connectivity index (χ4v) is 7.76. The van der Waals surface area contributed by atoms with Gasteiger partial charge in [-0.15, -0.1) is 0 Å². The molecule has 2 aliphatic carbocycles. The first-order valence-electron chi connectivity index (χ1n) is 17.9. The molecule has 1 heterocycles. The van der Waals surface area contributed by atoms with E-state index in [1.165, 1.54) is 0 Å². The van der Waals surface area contributed by atoms with E-state index in [1.807, 2.05) is 0 Å². The van der Waals surface area contributed by atoms with Crippen LogP contribution in [-0.2, 0) is 4.79 Å². The van der Waals surface area contributed by atoms with Gasteiger partial charge in [0.15, 0.2) is 23.1 Å². The van der Waals surface area contributed by atoms with E-state index in [9.17, 15) is 28.6 Å². The van der Waals surface area contributed by atoms with Crippen molar-refractivity contribution in [3.05, 3.63) is 129 Å². The van der Waals surface area contributed by atoms with Crippen molar-refractivity contribution < 1.29 is 38.1 Å². The van der Waals surface area contributed by atoms with E-state index < -0.39 is 52.6 Å². The molecule has 8 nitrogen and oxygen atoms in total. The number of rotatable bonds is 5. The van der Waals surface area contributed by atoms with E-state index in [4.69, 9.17) is 32.7 Å². The number of nitrogens with one attached hydrogen (secondary N) is 1. The first kappa shape index (κ1) is 38.2. The van der Waals surface area contributed by atoms with Crippen LogP contribution in [0.4, 0.5) is 8.78 Å². The predicted molar refractivity (Wildman–Crippen MR) is 202 cm³/mol. The summed E-state index contributed by atoms with van der Waals surface area (Å²) >= 11 is 12.3. The monoisotopic (exact) mass is 784 g/mol. The average molecular weight is 786 g/mol. The van der Waals surface area contributed by atoms with Crippen LogP contribution in [0.15, 0.2) is 91.0 Å². The second-order valence-corrected chi connectivity index (χ2v) is 15.0. The van der Waals surface area contributed by atoms with Gasteiger partial charge in [0, 0.05) is 51.7 Å². The van der Waals surface area contributed by atoms with Gasteiger partial charge < -0.3 is 25.0 Å². The van der Waals surface area contributed by atoms with Crippen molar-refractivity contribution in [3.63, 3.8) is 0 Å². The average Bonchev–Trinajstić information content (AvgIpc) is 3.55. The SMILES string of the molecule is O=C(c1ccc(F)c(F)c1)N([C@@H]1CCC[C@](O)(C#Cc2cccc(Cl)c2)C1)C1(C(=O)N[C@@H]2CCC[C@](O)(C#Cc3cccc(Cl)c3)C2)Oc2ccccc2O1. The van der Waals surface area contributed by atoms with Crippen molar-refractivity contribution in [1.82, 2.24) is 10.2 Å². The zero-order valence-electron chi connectivity index (χ0n) is 29.5. The molecule has 3 N–H and O–H groups in total. The molecule has 2 saturated carbocycles. The smallest absolute Gasteiger partial charge is 0.424 e. The zero-order valence-corrected chi connectivity index (χ0v) is 31.0. The molecule has 7 rings (SSSR count). The number of amides is 2. The third kappa shape index (κ3) is 8.44. The summed E-state index contributed by atoms with van der Waals surface area (Å²) in [4.78, 5) is 30.6. The molecule has 0 spiro atoms. The lowest BCUT2D eigenvalue weighted by molar-refractivity contribution is -0.207. The minimum Gasteiger partial charge on any atom is -0.424 e. The lowest BCUT2D eigenvalue weighted by Crippen LogP contribution is -2.70. The summed E-state index contributed by atoms with van der Waals surface area (Å²) in [6.45, 7) is 0.